The Labute approximate surface area is 133 Å². The van der Waals surface area contributed by atoms with Gasteiger partial charge in [0.2, 0.25) is 0 Å². The predicted octanol–water partition coefficient (Wildman–Crippen LogP) is 3.34. The monoisotopic (exact) mass is 343 g/mol. The Bertz CT molecular complexity index is 726. The summed E-state index contributed by atoms with van der Waals surface area (Å²) in [4.78, 5) is 4.96. The standard InChI is InChI=1S/C13H17N3O2S3/c1-3-6-19-10-4-5-11(14)12(7-10)16-21(17,18)13-8-15-9(2)20-13/h4-5,7-8,16H,3,6,14H2,1-2H3. The smallest absolute Gasteiger partial charge is 0.273 e. The summed E-state index contributed by atoms with van der Waals surface area (Å²) in [5.74, 6) is 0.976. The highest BCUT2D eigenvalue weighted by Gasteiger charge is 2.18. The maximum Gasteiger partial charge on any atom is 0.273 e. The molecule has 114 valence electrons. The van der Waals surface area contributed by atoms with Gasteiger partial charge in [-0.05, 0) is 37.3 Å². The molecule has 0 aliphatic carbocycles. The van der Waals surface area contributed by atoms with Gasteiger partial charge in [-0.2, -0.15) is 0 Å². The number of rotatable bonds is 6. The van der Waals surface area contributed by atoms with Crippen LogP contribution >= 0.6 is 23.1 Å². The van der Waals surface area contributed by atoms with E-state index in [1.807, 2.05) is 6.07 Å². The minimum absolute atomic E-state index is 0.186. The summed E-state index contributed by atoms with van der Waals surface area (Å²) in [6.45, 7) is 3.86. The molecule has 2 rings (SSSR count). The fraction of sp³-hybridized carbons (Fsp3) is 0.308. The summed E-state index contributed by atoms with van der Waals surface area (Å²) in [6, 6.07) is 5.37. The molecule has 0 saturated carbocycles. The zero-order valence-corrected chi connectivity index (χ0v) is 14.2. The Kier molecular flexibility index (Phi) is 5.13. The number of nitrogens with zero attached hydrogens (tertiary/aromatic N) is 1. The van der Waals surface area contributed by atoms with Crippen LogP contribution in [0.2, 0.25) is 0 Å². The lowest BCUT2D eigenvalue weighted by atomic mass is 10.3. The summed E-state index contributed by atoms with van der Waals surface area (Å²) in [5, 5.41) is 0.704. The van der Waals surface area contributed by atoms with E-state index in [1.54, 1.807) is 30.8 Å². The minimum atomic E-state index is -3.64. The van der Waals surface area contributed by atoms with Crippen LogP contribution in [0.3, 0.4) is 0 Å². The van der Waals surface area contributed by atoms with E-state index in [2.05, 4.69) is 16.6 Å². The molecule has 8 heteroatoms. The molecule has 0 unspecified atom stereocenters. The van der Waals surface area contributed by atoms with E-state index < -0.39 is 10.0 Å². The number of benzene rings is 1. The molecule has 5 nitrogen and oxygen atoms in total. The predicted molar refractivity (Wildman–Crippen MR) is 89.5 cm³/mol. The first kappa shape index (κ1) is 16.1. The first-order chi connectivity index (χ1) is 9.92. The molecule has 0 amide bonds. The van der Waals surface area contributed by atoms with Gasteiger partial charge in [0.05, 0.1) is 22.6 Å². The number of anilines is 2. The van der Waals surface area contributed by atoms with E-state index in [1.165, 1.54) is 6.20 Å². The fourth-order valence-corrected chi connectivity index (χ4v) is 4.59. The molecule has 2 aromatic rings. The van der Waals surface area contributed by atoms with E-state index in [0.29, 0.717) is 16.4 Å². The van der Waals surface area contributed by atoms with Gasteiger partial charge in [0, 0.05) is 4.90 Å². The fourth-order valence-electron chi connectivity index (χ4n) is 1.59. The van der Waals surface area contributed by atoms with Crippen molar-refractivity contribution >= 4 is 44.5 Å². The van der Waals surface area contributed by atoms with Crippen molar-refractivity contribution in [3.05, 3.63) is 29.4 Å². The van der Waals surface area contributed by atoms with E-state index in [-0.39, 0.29) is 4.21 Å². The normalized spacial score (nSPS) is 11.5. The van der Waals surface area contributed by atoms with Crippen LogP contribution < -0.4 is 10.5 Å². The topological polar surface area (TPSA) is 85.1 Å². The Morgan fingerprint density at radius 1 is 1.43 bits per heavy atom. The molecule has 1 aromatic heterocycles. The summed E-state index contributed by atoms with van der Waals surface area (Å²) in [5.41, 5.74) is 6.67. The number of nitrogens with two attached hydrogens (primary N) is 1. The molecule has 21 heavy (non-hydrogen) atoms. The van der Waals surface area contributed by atoms with Crippen molar-refractivity contribution in [2.75, 3.05) is 16.2 Å². The van der Waals surface area contributed by atoms with Gasteiger partial charge in [-0.25, -0.2) is 13.4 Å². The number of thiazole rings is 1. The first-order valence-electron chi connectivity index (χ1n) is 6.40. The molecule has 0 bridgehead atoms. The van der Waals surface area contributed by atoms with E-state index in [9.17, 15) is 8.42 Å². The molecule has 0 spiro atoms. The van der Waals surface area contributed by atoms with Gasteiger partial charge < -0.3 is 5.73 Å². The van der Waals surface area contributed by atoms with E-state index in [4.69, 9.17) is 5.73 Å². The van der Waals surface area contributed by atoms with Crippen molar-refractivity contribution in [2.24, 2.45) is 0 Å². The van der Waals surface area contributed by atoms with Crippen LogP contribution in [0.1, 0.15) is 18.4 Å². The molecule has 0 fully saturated rings. The van der Waals surface area contributed by atoms with Crippen LogP contribution in [0, 0.1) is 6.92 Å². The average Bonchev–Trinajstić information content (AvgIpc) is 2.87. The van der Waals surface area contributed by atoms with E-state index in [0.717, 1.165) is 28.4 Å². The summed E-state index contributed by atoms with van der Waals surface area (Å²) in [6.07, 6.45) is 2.41. The Hall–Kier alpha value is -1.25. The second-order valence-corrected chi connectivity index (χ2v) is 8.71. The third-order valence-electron chi connectivity index (χ3n) is 2.61. The van der Waals surface area contributed by atoms with Crippen molar-refractivity contribution in [3.63, 3.8) is 0 Å². The zero-order valence-electron chi connectivity index (χ0n) is 11.8. The maximum absolute atomic E-state index is 12.3. The van der Waals surface area contributed by atoms with Crippen LogP contribution in [0.5, 0.6) is 0 Å². The lowest BCUT2D eigenvalue weighted by molar-refractivity contribution is 0.603. The number of hydrogen-bond donors (Lipinski definition) is 2. The summed E-state index contributed by atoms with van der Waals surface area (Å²) >= 11 is 2.80. The number of nitrogens with one attached hydrogen (secondary N) is 1. The Morgan fingerprint density at radius 3 is 2.81 bits per heavy atom. The highest BCUT2D eigenvalue weighted by atomic mass is 32.2. The van der Waals surface area contributed by atoms with Crippen LogP contribution in [0.4, 0.5) is 11.4 Å². The Morgan fingerprint density at radius 2 is 2.19 bits per heavy atom. The SMILES string of the molecule is CCCSc1ccc(N)c(NS(=O)(=O)c2cnc(C)s2)c1. The number of thioether (sulfide) groups is 1. The van der Waals surface area contributed by atoms with Crippen molar-refractivity contribution in [3.8, 4) is 0 Å². The van der Waals surface area contributed by atoms with Gasteiger partial charge in [-0.1, -0.05) is 6.92 Å². The minimum Gasteiger partial charge on any atom is -0.397 e. The molecule has 0 aliphatic heterocycles. The first-order valence-corrected chi connectivity index (χ1v) is 9.68. The third-order valence-corrected chi connectivity index (χ3v) is 6.55. The molecule has 0 radical (unpaired) electrons. The van der Waals surface area contributed by atoms with Crippen LogP contribution in [-0.4, -0.2) is 19.2 Å². The molecule has 0 atom stereocenters. The molecular weight excluding hydrogens is 326 g/mol. The second-order valence-electron chi connectivity index (χ2n) is 4.40. The number of sulfonamides is 1. The highest BCUT2D eigenvalue weighted by molar-refractivity contribution is 7.99. The molecule has 1 aromatic carbocycles. The molecule has 0 saturated heterocycles. The maximum atomic E-state index is 12.3. The molecule has 1 heterocycles. The lowest BCUT2D eigenvalue weighted by Gasteiger charge is -2.10. The van der Waals surface area contributed by atoms with Crippen molar-refractivity contribution in [1.29, 1.82) is 0 Å². The van der Waals surface area contributed by atoms with Gasteiger partial charge >= 0.3 is 0 Å². The molecular formula is C13H17N3O2S3. The van der Waals surface area contributed by atoms with Gasteiger partial charge in [0.25, 0.3) is 10.0 Å². The average molecular weight is 343 g/mol. The van der Waals surface area contributed by atoms with Crippen LogP contribution in [0.15, 0.2) is 33.5 Å². The van der Waals surface area contributed by atoms with Gasteiger partial charge in [0.1, 0.15) is 0 Å². The number of aromatic nitrogens is 1. The van der Waals surface area contributed by atoms with Gasteiger partial charge in [0.15, 0.2) is 4.21 Å². The van der Waals surface area contributed by atoms with Crippen molar-refractivity contribution < 1.29 is 8.42 Å². The van der Waals surface area contributed by atoms with Crippen LogP contribution in [-0.2, 0) is 10.0 Å². The number of nitrogen functional groups attached to an aromatic ring is 1. The summed E-state index contributed by atoms with van der Waals surface area (Å²) in [7, 11) is -3.64. The van der Waals surface area contributed by atoms with E-state index >= 15 is 0 Å². The second kappa shape index (κ2) is 6.67. The Balaban J connectivity index is 2.26. The summed E-state index contributed by atoms with van der Waals surface area (Å²) < 4.78 is 27.3. The quantitative estimate of drug-likeness (QED) is 0.621. The third kappa shape index (κ3) is 4.12. The zero-order chi connectivity index (χ0) is 15.5. The molecule has 0 aliphatic rings. The van der Waals surface area contributed by atoms with Gasteiger partial charge in [-0.3, -0.25) is 4.72 Å². The van der Waals surface area contributed by atoms with Crippen molar-refractivity contribution in [2.45, 2.75) is 29.4 Å². The van der Waals surface area contributed by atoms with Gasteiger partial charge in [-0.15, -0.1) is 23.1 Å². The molecule has 3 N–H and O–H groups in total. The highest BCUT2D eigenvalue weighted by Crippen LogP contribution is 2.29. The van der Waals surface area contributed by atoms with Crippen molar-refractivity contribution in [1.82, 2.24) is 4.98 Å². The van der Waals surface area contributed by atoms with Crippen LogP contribution in [0.25, 0.3) is 0 Å². The largest absolute Gasteiger partial charge is 0.397 e. The number of aryl methyl sites for hydroxylation is 1. The number of hydrogen-bond acceptors (Lipinski definition) is 6. The lowest BCUT2D eigenvalue weighted by Crippen LogP contribution is -2.13.